The monoisotopic (exact) mass is 293 g/mol. The summed E-state index contributed by atoms with van der Waals surface area (Å²) in [4.78, 5) is 16.8. The van der Waals surface area contributed by atoms with Crippen LogP contribution in [0.3, 0.4) is 0 Å². The molecule has 0 saturated carbocycles. The standard InChI is InChI=1S/C15H27N5O/c1-4-18-8-10-19(11-9-18)15(21)14(3)17-13(2)12-20-7-5-6-16-20/h5-7,13-14,17H,4,8-12H2,1-3H3. The van der Waals surface area contributed by atoms with Crippen LogP contribution in [-0.4, -0.2) is 70.3 Å². The Labute approximate surface area is 127 Å². The van der Waals surface area contributed by atoms with Gasteiger partial charge in [0.25, 0.3) is 0 Å². The van der Waals surface area contributed by atoms with Crippen LogP contribution in [0, 0.1) is 0 Å². The van der Waals surface area contributed by atoms with Crippen LogP contribution in [0.2, 0.25) is 0 Å². The molecule has 0 aliphatic carbocycles. The Hall–Kier alpha value is -1.40. The summed E-state index contributed by atoms with van der Waals surface area (Å²) in [5.74, 6) is 0.207. The van der Waals surface area contributed by atoms with Crippen molar-refractivity contribution in [3.8, 4) is 0 Å². The largest absolute Gasteiger partial charge is 0.339 e. The number of amides is 1. The van der Waals surface area contributed by atoms with E-state index in [1.807, 2.05) is 28.8 Å². The second kappa shape index (κ2) is 7.56. The lowest BCUT2D eigenvalue weighted by atomic mass is 10.2. The molecule has 118 valence electrons. The minimum absolute atomic E-state index is 0.149. The normalized spacial score (nSPS) is 19.5. The Bertz CT molecular complexity index is 425. The summed E-state index contributed by atoms with van der Waals surface area (Å²) in [6.45, 7) is 11.7. The van der Waals surface area contributed by atoms with Crippen molar-refractivity contribution in [2.45, 2.75) is 39.4 Å². The van der Waals surface area contributed by atoms with E-state index in [9.17, 15) is 4.79 Å². The quantitative estimate of drug-likeness (QED) is 0.825. The van der Waals surface area contributed by atoms with Crippen molar-refractivity contribution in [2.75, 3.05) is 32.7 Å². The average Bonchev–Trinajstić information content (AvgIpc) is 2.99. The van der Waals surface area contributed by atoms with Crippen molar-refractivity contribution in [1.29, 1.82) is 0 Å². The number of piperazine rings is 1. The molecule has 1 aromatic rings. The number of likely N-dealkylation sites (N-methyl/N-ethyl adjacent to an activating group) is 1. The molecule has 0 spiro atoms. The molecule has 2 rings (SSSR count). The maximum atomic E-state index is 12.5. The number of carbonyl (C=O) groups is 1. The summed E-state index contributed by atoms with van der Waals surface area (Å²) in [5, 5.41) is 7.57. The first-order valence-electron chi connectivity index (χ1n) is 7.84. The van der Waals surface area contributed by atoms with E-state index in [2.05, 4.69) is 29.2 Å². The van der Waals surface area contributed by atoms with Crippen molar-refractivity contribution in [3.05, 3.63) is 18.5 Å². The van der Waals surface area contributed by atoms with E-state index >= 15 is 0 Å². The summed E-state index contributed by atoms with van der Waals surface area (Å²) in [7, 11) is 0. The molecule has 21 heavy (non-hydrogen) atoms. The van der Waals surface area contributed by atoms with Crippen LogP contribution in [0.25, 0.3) is 0 Å². The number of nitrogens with zero attached hydrogens (tertiary/aromatic N) is 4. The van der Waals surface area contributed by atoms with Gasteiger partial charge in [0, 0.05) is 44.6 Å². The molecule has 1 saturated heterocycles. The topological polar surface area (TPSA) is 53.4 Å². The molecule has 1 amide bonds. The number of rotatable bonds is 6. The third kappa shape index (κ3) is 4.54. The van der Waals surface area contributed by atoms with Crippen molar-refractivity contribution in [1.82, 2.24) is 24.9 Å². The Morgan fingerprint density at radius 1 is 1.29 bits per heavy atom. The van der Waals surface area contributed by atoms with Gasteiger partial charge >= 0.3 is 0 Å². The Morgan fingerprint density at radius 2 is 2.00 bits per heavy atom. The van der Waals surface area contributed by atoms with Gasteiger partial charge in [0.05, 0.1) is 12.6 Å². The van der Waals surface area contributed by atoms with Gasteiger partial charge in [0.15, 0.2) is 0 Å². The number of carbonyl (C=O) groups excluding carboxylic acids is 1. The third-order valence-corrected chi connectivity index (χ3v) is 4.06. The van der Waals surface area contributed by atoms with Gasteiger partial charge in [0.1, 0.15) is 0 Å². The van der Waals surface area contributed by atoms with Crippen molar-refractivity contribution in [3.63, 3.8) is 0 Å². The van der Waals surface area contributed by atoms with E-state index in [1.54, 1.807) is 6.20 Å². The van der Waals surface area contributed by atoms with Crippen LogP contribution in [0.1, 0.15) is 20.8 Å². The first kappa shape index (κ1) is 16.0. The molecule has 1 fully saturated rings. The van der Waals surface area contributed by atoms with Crippen LogP contribution < -0.4 is 5.32 Å². The first-order valence-corrected chi connectivity index (χ1v) is 7.84. The van der Waals surface area contributed by atoms with Gasteiger partial charge in [0.2, 0.25) is 5.91 Å². The predicted octanol–water partition coefficient (Wildman–Crippen LogP) is 0.414. The Kier molecular flexibility index (Phi) is 5.76. The summed E-state index contributed by atoms with van der Waals surface area (Å²) < 4.78 is 1.88. The molecule has 1 N–H and O–H groups in total. The van der Waals surface area contributed by atoms with E-state index in [0.717, 1.165) is 39.3 Å². The average molecular weight is 293 g/mol. The molecule has 2 heterocycles. The minimum atomic E-state index is -0.149. The van der Waals surface area contributed by atoms with Crippen molar-refractivity contribution < 1.29 is 4.79 Å². The fourth-order valence-corrected chi connectivity index (χ4v) is 2.80. The molecule has 1 aliphatic heterocycles. The second-order valence-electron chi connectivity index (χ2n) is 5.78. The summed E-state index contributed by atoms with van der Waals surface area (Å²) >= 11 is 0. The smallest absolute Gasteiger partial charge is 0.239 e. The number of hydrogen-bond donors (Lipinski definition) is 1. The van der Waals surface area contributed by atoms with Gasteiger partial charge in [-0.25, -0.2) is 0 Å². The molecule has 2 atom stereocenters. The van der Waals surface area contributed by atoms with Gasteiger partial charge in [-0.15, -0.1) is 0 Å². The fourth-order valence-electron chi connectivity index (χ4n) is 2.80. The number of hydrogen-bond acceptors (Lipinski definition) is 4. The summed E-state index contributed by atoms with van der Waals surface area (Å²) in [5.41, 5.74) is 0. The summed E-state index contributed by atoms with van der Waals surface area (Å²) in [6.07, 6.45) is 3.71. The van der Waals surface area contributed by atoms with E-state index in [0.29, 0.717) is 0 Å². The SMILES string of the molecule is CCN1CCN(C(=O)C(C)NC(C)Cn2cccn2)CC1. The van der Waals surface area contributed by atoms with Crippen LogP contribution in [0.15, 0.2) is 18.5 Å². The Morgan fingerprint density at radius 3 is 2.57 bits per heavy atom. The molecule has 0 aromatic carbocycles. The van der Waals surface area contributed by atoms with Gasteiger partial charge in [-0.3, -0.25) is 9.48 Å². The number of nitrogens with one attached hydrogen (secondary N) is 1. The molecule has 6 heteroatoms. The van der Waals surface area contributed by atoms with Crippen LogP contribution in [-0.2, 0) is 11.3 Å². The lowest BCUT2D eigenvalue weighted by molar-refractivity contribution is -0.135. The molecule has 1 aliphatic rings. The lowest BCUT2D eigenvalue weighted by Gasteiger charge is -2.36. The minimum Gasteiger partial charge on any atom is -0.339 e. The highest BCUT2D eigenvalue weighted by molar-refractivity contribution is 5.81. The highest BCUT2D eigenvalue weighted by atomic mass is 16.2. The lowest BCUT2D eigenvalue weighted by Crippen LogP contribution is -2.54. The first-order chi connectivity index (χ1) is 10.1. The molecule has 2 unspecified atom stereocenters. The van der Waals surface area contributed by atoms with E-state index < -0.39 is 0 Å². The van der Waals surface area contributed by atoms with Crippen molar-refractivity contribution >= 4 is 5.91 Å². The summed E-state index contributed by atoms with van der Waals surface area (Å²) in [6, 6.07) is 1.97. The molecular formula is C15H27N5O. The van der Waals surface area contributed by atoms with E-state index in [1.165, 1.54) is 0 Å². The van der Waals surface area contributed by atoms with Gasteiger partial charge in [-0.2, -0.15) is 5.10 Å². The zero-order valence-corrected chi connectivity index (χ0v) is 13.3. The van der Waals surface area contributed by atoms with Crippen LogP contribution in [0.5, 0.6) is 0 Å². The van der Waals surface area contributed by atoms with Crippen molar-refractivity contribution in [2.24, 2.45) is 0 Å². The van der Waals surface area contributed by atoms with Crippen LogP contribution in [0.4, 0.5) is 0 Å². The molecule has 0 bridgehead atoms. The maximum absolute atomic E-state index is 12.5. The molecule has 0 radical (unpaired) electrons. The molecule has 6 nitrogen and oxygen atoms in total. The maximum Gasteiger partial charge on any atom is 0.239 e. The van der Waals surface area contributed by atoms with Crippen LogP contribution >= 0.6 is 0 Å². The van der Waals surface area contributed by atoms with E-state index in [-0.39, 0.29) is 18.0 Å². The zero-order valence-electron chi connectivity index (χ0n) is 13.3. The number of aromatic nitrogens is 2. The molecular weight excluding hydrogens is 266 g/mol. The second-order valence-corrected chi connectivity index (χ2v) is 5.78. The molecule has 1 aromatic heterocycles. The van der Waals surface area contributed by atoms with Gasteiger partial charge in [-0.1, -0.05) is 6.92 Å². The highest BCUT2D eigenvalue weighted by Gasteiger charge is 2.25. The zero-order chi connectivity index (χ0) is 15.2. The third-order valence-electron chi connectivity index (χ3n) is 4.06. The fraction of sp³-hybridized carbons (Fsp3) is 0.733. The van der Waals surface area contributed by atoms with Gasteiger partial charge in [-0.05, 0) is 26.5 Å². The van der Waals surface area contributed by atoms with Gasteiger partial charge < -0.3 is 15.1 Å². The highest BCUT2D eigenvalue weighted by Crippen LogP contribution is 2.04. The Balaban J connectivity index is 1.77. The predicted molar refractivity (Wildman–Crippen MR) is 83.0 cm³/mol. The van der Waals surface area contributed by atoms with E-state index in [4.69, 9.17) is 0 Å².